The summed E-state index contributed by atoms with van der Waals surface area (Å²) in [5.41, 5.74) is 2.86. The minimum absolute atomic E-state index is 0.0379. The first-order chi connectivity index (χ1) is 16.1. The Morgan fingerprint density at radius 1 is 1.12 bits per heavy atom. The van der Waals surface area contributed by atoms with Gasteiger partial charge in [0, 0.05) is 75.2 Å². The van der Waals surface area contributed by atoms with Gasteiger partial charge in [0.2, 0.25) is 0 Å². The van der Waals surface area contributed by atoms with Crippen LogP contribution >= 0.6 is 0 Å². The molecule has 3 aliphatic heterocycles. The van der Waals surface area contributed by atoms with Gasteiger partial charge in [-0.1, -0.05) is 12.1 Å². The molecule has 1 aromatic carbocycles. The Hall–Kier alpha value is -3.35. The van der Waals surface area contributed by atoms with Gasteiger partial charge in [-0.2, -0.15) is 0 Å². The van der Waals surface area contributed by atoms with Crippen LogP contribution in [0.1, 0.15) is 48.0 Å². The summed E-state index contributed by atoms with van der Waals surface area (Å²) >= 11 is 0. The Balaban J connectivity index is 1.35. The number of piperidine rings is 2. The molecule has 2 aromatic rings. The van der Waals surface area contributed by atoms with Gasteiger partial charge in [-0.3, -0.25) is 4.79 Å². The maximum Gasteiger partial charge on any atom is 0.254 e. The van der Waals surface area contributed by atoms with Crippen LogP contribution in [0.15, 0.2) is 48.2 Å². The minimum Gasteiger partial charge on any atom is -0.482 e. The number of fused-ring (bicyclic) bond motifs is 1. The van der Waals surface area contributed by atoms with Crippen molar-refractivity contribution < 1.29 is 9.53 Å². The number of hydrogen-bond donors (Lipinski definition) is 2. The zero-order valence-electron chi connectivity index (χ0n) is 19.1. The van der Waals surface area contributed by atoms with Gasteiger partial charge < -0.3 is 25.3 Å². The number of nitrogens with one attached hydrogen (secondary N) is 2. The van der Waals surface area contributed by atoms with Gasteiger partial charge in [0.15, 0.2) is 0 Å². The number of pyridine rings is 1. The van der Waals surface area contributed by atoms with Crippen molar-refractivity contribution in [3.8, 4) is 5.75 Å². The van der Waals surface area contributed by atoms with Gasteiger partial charge in [-0.15, -0.1) is 0 Å². The predicted molar refractivity (Wildman–Crippen MR) is 130 cm³/mol. The highest BCUT2D eigenvalue weighted by molar-refractivity contribution is 5.96. The van der Waals surface area contributed by atoms with Crippen molar-refractivity contribution in [2.45, 2.75) is 37.7 Å². The standard InChI is InChI=1S/C26H31N5O2/c1-28-24-20-7-3-4-8-22(20)33-26(21(24)18-27)10-15-31(16-11-26)25(32)19-9-12-29-23(17-19)30-13-5-2-6-14-30/h3-4,7-9,12,17-18,27-28H,2,5-6,10-11,13-16H2,1H3. The van der Waals surface area contributed by atoms with Gasteiger partial charge in [0.05, 0.1) is 5.70 Å². The molecule has 33 heavy (non-hydrogen) atoms. The molecule has 7 heteroatoms. The van der Waals surface area contributed by atoms with E-state index in [2.05, 4.69) is 15.2 Å². The summed E-state index contributed by atoms with van der Waals surface area (Å²) in [5.74, 6) is 1.76. The summed E-state index contributed by atoms with van der Waals surface area (Å²) < 4.78 is 6.52. The van der Waals surface area contributed by atoms with Crippen LogP contribution in [0, 0.1) is 5.41 Å². The second-order valence-corrected chi connectivity index (χ2v) is 9.02. The molecule has 4 heterocycles. The molecule has 2 saturated heterocycles. The molecular formula is C26H31N5O2. The van der Waals surface area contributed by atoms with E-state index in [1.807, 2.05) is 48.3 Å². The van der Waals surface area contributed by atoms with Crippen molar-refractivity contribution in [1.29, 1.82) is 5.41 Å². The molecule has 2 fully saturated rings. The quantitative estimate of drug-likeness (QED) is 0.701. The predicted octanol–water partition coefficient (Wildman–Crippen LogP) is 3.72. The molecule has 0 aliphatic carbocycles. The second-order valence-electron chi connectivity index (χ2n) is 9.02. The van der Waals surface area contributed by atoms with Crippen LogP contribution < -0.4 is 15.0 Å². The largest absolute Gasteiger partial charge is 0.482 e. The normalized spacial score (nSPS) is 19.7. The second kappa shape index (κ2) is 8.89. The number of amides is 1. The van der Waals surface area contributed by atoms with E-state index in [1.54, 1.807) is 6.20 Å². The summed E-state index contributed by atoms with van der Waals surface area (Å²) in [7, 11) is 1.89. The van der Waals surface area contributed by atoms with E-state index in [9.17, 15) is 4.79 Å². The molecule has 7 nitrogen and oxygen atoms in total. The highest BCUT2D eigenvalue weighted by atomic mass is 16.5. The lowest BCUT2D eigenvalue weighted by Crippen LogP contribution is -2.53. The number of anilines is 1. The van der Waals surface area contributed by atoms with E-state index in [-0.39, 0.29) is 5.91 Å². The first-order valence-electron chi connectivity index (χ1n) is 11.9. The number of nitrogens with zero attached hydrogens (tertiary/aromatic N) is 3. The number of carbonyl (C=O) groups is 1. The summed E-state index contributed by atoms with van der Waals surface area (Å²) in [4.78, 5) is 22.0. The zero-order chi connectivity index (χ0) is 22.8. The van der Waals surface area contributed by atoms with Crippen molar-refractivity contribution in [3.63, 3.8) is 0 Å². The SMILES string of the molecule is CNC1=C(C=N)C2(CCN(C(=O)c3ccnc(N4CCCCC4)c3)CC2)Oc2ccccc21. The lowest BCUT2D eigenvalue weighted by Gasteiger charge is -2.45. The van der Waals surface area contributed by atoms with Crippen LogP contribution in [0.4, 0.5) is 5.82 Å². The van der Waals surface area contributed by atoms with E-state index < -0.39 is 5.60 Å². The number of rotatable bonds is 4. The van der Waals surface area contributed by atoms with Gasteiger partial charge in [0.25, 0.3) is 5.91 Å². The van der Waals surface area contributed by atoms with Crippen LogP contribution in [-0.2, 0) is 0 Å². The minimum atomic E-state index is -0.595. The van der Waals surface area contributed by atoms with Gasteiger partial charge >= 0.3 is 0 Å². The number of benzene rings is 1. The molecule has 0 atom stereocenters. The topological polar surface area (TPSA) is 81.6 Å². The van der Waals surface area contributed by atoms with Gasteiger partial charge in [-0.25, -0.2) is 4.98 Å². The number of carbonyl (C=O) groups excluding carboxylic acids is 1. The van der Waals surface area contributed by atoms with Crippen LogP contribution in [0.25, 0.3) is 5.70 Å². The molecule has 0 unspecified atom stereocenters. The Bertz CT molecular complexity index is 1080. The molecule has 0 radical (unpaired) electrons. The van der Waals surface area contributed by atoms with Crippen molar-refractivity contribution >= 4 is 23.6 Å². The number of ether oxygens (including phenoxy) is 1. The smallest absolute Gasteiger partial charge is 0.254 e. The molecule has 5 rings (SSSR count). The fourth-order valence-corrected chi connectivity index (χ4v) is 5.35. The summed E-state index contributed by atoms with van der Waals surface area (Å²) in [5, 5.41) is 11.4. The zero-order valence-corrected chi connectivity index (χ0v) is 19.1. The number of hydrogen-bond acceptors (Lipinski definition) is 6. The Kier molecular flexibility index (Phi) is 5.79. The summed E-state index contributed by atoms with van der Waals surface area (Å²) in [6.45, 7) is 3.16. The molecule has 0 saturated carbocycles. The Morgan fingerprint density at radius 2 is 1.88 bits per heavy atom. The highest BCUT2D eigenvalue weighted by Gasteiger charge is 2.45. The van der Waals surface area contributed by atoms with Crippen molar-refractivity contribution in [2.75, 3.05) is 38.1 Å². The van der Waals surface area contributed by atoms with Gasteiger partial charge in [-0.05, 0) is 43.5 Å². The molecule has 1 aromatic heterocycles. The fourth-order valence-electron chi connectivity index (χ4n) is 5.35. The average Bonchev–Trinajstić information content (AvgIpc) is 2.88. The number of para-hydroxylation sites is 1. The van der Waals surface area contributed by atoms with E-state index in [1.165, 1.54) is 25.5 Å². The molecule has 2 N–H and O–H groups in total. The van der Waals surface area contributed by atoms with Crippen LogP contribution in [0.2, 0.25) is 0 Å². The third-order valence-corrected chi connectivity index (χ3v) is 7.15. The lowest BCUT2D eigenvalue weighted by molar-refractivity contribution is 0.0291. The fraction of sp³-hybridized carbons (Fsp3) is 0.423. The Morgan fingerprint density at radius 3 is 2.61 bits per heavy atom. The van der Waals surface area contributed by atoms with Crippen molar-refractivity contribution in [2.24, 2.45) is 0 Å². The third kappa shape index (κ3) is 3.86. The maximum absolute atomic E-state index is 13.3. The molecule has 0 bridgehead atoms. The Labute approximate surface area is 195 Å². The van der Waals surface area contributed by atoms with E-state index >= 15 is 0 Å². The van der Waals surface area contributed by atoms with E-state index in [4.69, 9.17) is 10.1 Å². The molecule has 1 spiro atoms. The summed E-state index contributed by atoms with van der Waals surface area (Å²) in [6.07, 6.45) is 8.06. The van der Waals surface area contributed by atoms with Crippen molar-refractivity contribution in [3.05, 3.63) is 59.3 Å². The maximum atomic E-state index is 13.3. The van der Waals surface area contributed by atoms with Crippen LogP contribution in [0.3, 0.4) is 0 Å². The molecule has 1 amide bonds. The van der Waals surface area contributed by atoms with Crippen molar-refractivity contribution in [1.82, 2.24) is 15.2 Å². The van der Waals surface area contributed by atoms with E-state index in [0.717, 1.165) is 41.5 Å². The molecule has 172 valence electrons. The van der Waals surface area contributed by atoms with Crippen LogP contribution in [0.5, 0.6) is 5.75 Å². The highest BCUT2D eigenvalue weighted by Crippen LogP contribution is 2.44. The first kappa shape index (κ1) is 21.5. The number of likely N-dealkylation sites (tertiary alicyclic amines) is 1. The summed E-state index contributed by atoms with van der Waals surface area (Å²) in [6, 6.07) is 11.7. The lowest BCUT2D eigenvalue weighted by atomic mass is 9.80. The van der Waals surface area contributed by atoms with E-state index in [0.29, 0.717) is 31.5 Å². The molecule has 3 aliphatic rings. The monoisotopic (exact) mass is 445 g/mol. The molecular weight excluding hydrogens is 414 g/mol. The third-order valence-electron chi connectivity index (χ3n) is 7.15. The first-order valence-corrected chi connectivity index (χ1v) is 11.9. The average molecular weight is 446 g/mol. The number of aromatic nitrogens is 1. The van der Waals surface area contributed by atoms with Crippen LogP contribution in [-0.4, -0.2) is 60.8 Å². The van der Waals surface area contributed by atoms with Gasteiger partial charge in [0.1, 0.15) is 17.2 Å².